The van der Waals surface area contributed by atoms with Gasteiger partial charge in [0.15, 0.2) is 0 Å². The summed E-state index contributed by atoms with van der Waals surface area (Å²) in [4.78, 5) is 13.5. The van der Waals surface area contributed by atoms with Crippen LogP contribution >= 0.6 is 0 Å². The first kappa shape index (κ1) is 11.9. The molecule has 0 aliphatic carbocycles. The average molecular weight is 246 g/mol. The molecule has 7 nitrogen and oxygen atoms in total. The van der Waals surface area contributed by atoms with Gasteiger partial charge in [-0.3, -0.25) is 0 Å². The Morgan fingerprint density at radius 3 is 2.06 bits per heavy atom. The summed E-state index contributed by atoms with van der Waals surface area (Å²) in [5, 5.41) is 0. The van der Waals surface area contributed by atoms with Crippen molar-refractivity contribution in [2.45, 2.75) is 0 Å². The summed E-state index contributed by atoms with van der Waals surface area (Å²) in [5.74, 6) is 1.36. The van der Waals surface area contributed by atoms with Gasteiger partial charge in [-0.25, -0.2) is 0 Å². The lowest BCUT2D eigenvalue weighted by Gasteiger charge is -2.17. The molecule has 18 heavy (non-hydrogen) atoms. The molecule has 0 atom stereocenters. The lowest BCUT2D eigenvalue weighted by atomic mass is 10.3. The summed E-state index contributed by atoms with van der Waals surface area (Å²) in [6.45, 7) is 0. The number of nitrogens with zero attached hydrogens (tertiary/aromatic N) is 4. The van der Waals surface area contributed by atoms with E-state index >= 15 is 0 Å². The highest BCUT2D eigenvalue weighted by atomic mass is 16.5. The van der Waals surface area contributed by atoms with E-state index in [1.54, 1.807) is 12.0 Å². The van der Waals surface area contributed by atoms with Gasteiger partial charge in [-0.1, -0.05) is 0 Å². The van der Waals surface area contributed by atoms with Crippen LogP contribution in [0.25, 0.3) is 0 Å². The zero-order valence-corrected chi connectivity index (χ0v) is 10.2. The van der Waals surface area contributed by atoms with Crippen molar-refractivity contribution in [3.63, 3.8) is 0 Å². The Morgan fingerprint density at radius 1 is 1.00 bits per heavy atom. The Labute approximate surface area is 104 Å². The second kappa shape index (κ2) is 4.74. The standard InChI is InChI=1S/C11H14N6O/c1-17(7-3-5-8(18-2)6-4-7)11-15-9(12)14-10(13)16-11/h3-6H,1-2H3,(H4,12,13,14,15,16). The van der Waals surface area contributed by atoms with Crippen molar-refractivity contribution >= 4 is 23.5 Å². The Bertz CT molecular complexity index is 521. The molecule has 0 unspecified atom stereocenters. The lowest BCUT2D eigenvalue weighted by Crippen LogP contribution is -2.15. The fourth-order valence-electron chi connectivity index (χ4n) is 1.47. The minimum Gasteiger partial charge on any atom is -0.497 e. The van der Waals surface area contributed by atoms with Crippen LogP contribution in [-0.4, -0.2) is 29.1 Å². The van der Waals surface area contributed by atoms with Gasteiger partial charge in [0.25, 0.3) is 0 Å². The maximum Gasteiger partial charge on any atom is 0.236 e. The molecule has 0 amide bonds. The molecule has 0 saturated heterocycles. The smallest absolute Gasteiger partial charge is 0.236 e. The van der Waals surface area contributed by atoms with E-state index in [4.69, 9.17) is 16.2 Å². The highest BCUT2D eigenvalue weighted by molar-refractivity contribution is 5.58. The minimum atomic E-state index is 0.0952. The number of anilines is 4. The van der Waals surface area contributed by atoms with Crippen molar-refractivity contribution in [2.24, 2.45) is 0 Å². The van der Waals surface area contributed by atoms with Gasteiger partial charge in [0.2, 0.25) is 17.8 Å². The maximum atomic E-state index is 5.53. The van der Waals surface area contributed by atoms with Crippen molar-refractivity contribution < 1.29 is 4.74 Å². The summed E-state index contributed by atoms with van der Waals surface area (Å²) in [6, 6.07) is 7.46. The molecule has 1 heterocycles. The van der Waals surface area contributed by atoms with Crippen molar-refractivity contribution in [1.29, 1.82) is 0 Å². The molecule has 0 bridgehead atoms. The molecule has 1 aromatic carbocycles. The average Bonchev–Trinajstić information content (AvgIpc) is 2.37. The van der Waals surface area contributed by atoms with Gasteiger partial charge in [0.1, 0.15) is 5.75 Å². The van der Waals surface area contributed by atoms with Crippen LogP contribution in [0.2, 0.25) is 0 Å². The van der Waals surface area contributed by atoms with E-state index in [0.29, 0.717) is 5.95 Å². The predicted molar refractivity (Wildman–Crippen MR) is 69.7 cm³/mol. The Kier molecular flexibility index (Phi) is 3.13. The molecule has 2 aromatic rings. The molecular weight excluding hydrogens is 232 g/mol. The summed E-state index contributed by atoms with van der Waals surface area (Å²) < 4.78 is 5.09. The third kappa shape index (κ3) is 2.40. The summed E-state index contributed by atoms with van der Waals surface area (Å²) >= 11 is 0. The third-order valence-electron chi connectivity index (χ3n) is 2.42. The van der Waals surface area contributed by atoms with Gasteiger partial charge in [-0.05, 0) is 24.3 Å². The number of aromatic nitrogens is 3. The third-order valence-corrected chi connectivity index (χ3v) is 2.42. The van der Waals surface area contributed by atoms with Gasteiger partial charge in [0.05, 0.1) is 7.11 Å². The molecule has 94 valence electrons. The van der Waals surface area contributed by atoms with Crippen LogP contribution in [0.15, 0.2) is 24.3 Å². The molecule has 0 fully saturated rings. The number of rotatable bonds is 3. The lowest BCUT2D eigenvalue weighted by molar-refractivity contribution is 0.415. The van der Waals surface area contributed by atoms with E-state index in [2.05, 4.69) is 15.0 Å². The second-order valence-electron chi connectivity index (χ2n) is 3.61. The number of hydrogen-bond donors (Lipinski definition) is 2. The molecule has 2 rings (SSSR count). The zero-order valence-electron chi connectivity index (χ0n) is 10.2. The SMILES string of the molecule is COc1ccc(N(C)c2nc(N)nc(N)n2)cc1. The fraction of sp³-hybridized carbons (Fsp3) is 0.182. The van der Waals surface area contributed by atoms with Gasteiger partial charge in [-0.15, -0.1) is 0 Å². The van der Waals surface area contributed by atoms with Crippen molar-refractivity contribution in [1.82, 2.24) is 15.0 Å². The highest BCUT2D eigenvalue weighted by Gasteiger charge is 2.09. The molecule has 0 saturated carbocycles. The number of benzene rings is 1. The van der Waals surface area contributed by atoms with E-state index in [9.17, 15) is 0 Å². The van der Waals surface area contributed by atoms with E-state index < -0.39 is 0 Å². The first-order valence-corrected chi connectivity index (χ1v) is 5.25. The van der Waals surface area contributed by atoms with Gasteiger partial charge in [-0.2, -0.15) is 15.0 Å². The van der Waals surface area contributed by atoms with Crippen LogP contribution in [0.5, 0.6) is 5.75 Å². The molecular formula is C11H14N6O. The number of hydrogen-bond acceptors (Lipinski definition) is 7. The first-order chi connectivity index (χ1) is 8.60. The van der Waals surface area contributed by atoms with E-state index in [1.807, 2.05) is 31.3 Å². The Morgan fingerprint density at radius 2 is 1.56 bits per heavy atom. The van der Waals surface area contributed by atoms with Crippen LogP contribution in [0, 0.1) is 0 Å². The Balaban J connectivity index is 2.31. The first-order valence-electron chi connectivity index (χ1n) is 5.25. The monoisotopic (exact) mass is 246 g/mol. The quantitative estimate of drug-likeness (QED) is 0.825. The van der Waals surface area contributed by atoms with Gasteiger partial charge < -0.3 is 21.1 Å². The number of nitrogens with two attached hydrogens (primary N) is 2. The van der Waals surface area contributed by atoms with Gasteiger partial charge >= 0.3 is 0 Å². The van der Waals surface area contributed by atoms with E-state index in [-0.39, 0.29) is 11.9 Å². The molecule has 4 N–H and O–H groups in total. The van der Waals surface area contributed by atoms with Crippen molar-refractivity contribution in [3.8, 4) is 5.75 Å². The second-order valence-corrected chi connectivity index (χ2v) is 3.61. The van der Waals surface area contributed by atoms with Crippen LogP contribution in [0.3, 0.4) is 0 Å². The zero-order chi connectivity index (χ0) is 13.1. The number of methoxy groups -OCH3 is 1. The molecule has 0 aliphatic rings. The Hall–Kier alpha value is -2.57. The molecule has 0 radical (unpaired) electrons. The number of ether oxygens (including phenoxy) is 1. The van der Waals surface area contributed by atoms with E-state index in [1.165, 1.54) is 0 Å². The van der Waals surface area contributed by atoms with Crippen molar-refractivity contribution in [2.75, 3.05) is 30.5 Å². The molecule has 0 spiro atoms. The predicted octanol–water partition coefficient (Wildman–Crippen LogP) is 0.812. The van der Waals surface area contributed by atoms with Crippen LogP contribution in [0.4, 0.5) is 23.5 Å². The van der Waals surface area contributed by atoms with Crippen LogP contribution in [-0.2, 0) is 0 Å². The number of nitrogen functional groups attached to an aromatic ring is 2. The topological polar surface area (TPSA) is 103 Å². The largest absolute Gasteiger partial charge is 0.497 e. The normalized spacial score (nSPS) is 10.1. The summed E-state index contributed by atoms with van der Waals surface area (Å²) in [7, 11) is 3.43. The highest BCUT2D eigenvalue weighted by Crippen LogP contribution is 2.23. The summed E-state index contributed by atoms with van der Waals surface area (Å²) in [5.41, 5.74) is 12.0. The van der Waals surface area contributed by atoms with Gasteiger partial charge in [0, 0.05) is 12.7 Å². The molecule has 7 heteroatoms. The van der Waals surface area contributed by atoms with Crippen molar-refractivity contribution in [3.05, 3.63) is 24.3 Å². The van der Waals surface area contributed by atoms with E-state index in [0.717, 1.165) is 11.4 Å². The molecule has 0 aliphatic heterocycles. The molecule has 1 aromatic heterocycles. The van der Waals surface area contributed by atoms with Crippen LogP contribution < -0.4 is 21.1 Å². The maximum absolute atomic E-state index is 5.53. The minimum absolute atomic E-state index is 0.0952. The van der Waals surface area contributed by atoms with Crippen LogP contribution in [0.1, 0.15) is 0 Å². The fourth-order valence-corrected chi connectivity index (χ4v) is 1.47. The summed E-state index contributed by atoms with van der Waals surface area (Å²) in [6.07, 6.45) is 0.